The van der Waals surface area contributed by atoms with Crippen molar-refractivity contribution in [2.75, 3.05) is 5.88 Å². The molecule has 0 saturated carbocycles. The van der Waals surface area contributed by atoms with E-state index in [4.69, 9.17) is 28.3 Å². The normalized spacial score (nSPS) is 10.8. The molecule has 0 atom stereocenters. The highest BCUT2D eigenvalue weighted by Gasteiger charge is 2.05. The number of allylic oxidation sites excluding steroid dienone is 1. The Kier molecular flexibility index (Phi) is 4.66. The van der Waals surface area contributed by atoms with E-state index >= 15 is 0 Å². The summed E-state index contributed by atoms with van der Waals surface area (Å²) >= 11 is 11.3. The van der Waals surface area contributed by atoms with E-state index in [-0.39, 0.29) is 6.42 Å². The highest BCUT2D eigenvalue weighted by Crippen LogP contribution is 2.18. The van der Waals surface area contributed by atoms with Crippen LogP contribution in [0.1, 0.15) is 11.1 Å². The predicted molar refractivity (Wildman–Crippen MR) is 62.5 cm³/mol. The number of benzene rings is 1. The van der Waals surface area contributed by atoms with Crippen molar-refractivity contribution in [2.24, 2.45) is 0 Å². The van der Waals surface area contributed by atoms with Crippen molar-refractivity contribution in [1.29, 1.82) is 0 Å². The van der Waals surface area contributed by atoms with Gasteiger partial charge in [-0.15, -0.1) is 11.6 Å². The molecule has 0 bridgehead atoms. The van der Waals surface area contributed by atoms with Crippen molar-refractivity contribution >= 4 is 35.2 Å². The van der Waals surface area contributed by atoms with Gasteiger partial charge in [-0.1, -0.05) is 29.8 Å². The van der Waals surface area contributed by atoms with Gasteiger partial charge in [0.1, 0.15) is 0 Å². The molecular formula is C11H10Cl2O2. The second-order valence-corrected chi connectivity index (χ2v) is 3.72. The van der Waals surface area contributed by atoms with Crippen LogP contribution in [0.25, 0.3) is 6.08 Å². The molecule has 2 nitrogen and oxygen atoms in total. The van der Waals surface area contributed by atoms with Crippen LogP contribution in [0.3, 0.4) is 0 Å². The minimum absolute atomic E-state index is 0.0148. The Balaban J connectivity index is 3.02. The van der Waals surface area contributed by atoms with Crippen LogP contribution in [-0.4, -0.2) is 17.0 Å². The van der Waals surface area contributed by atoms with Crippen molar-refractivity contribution in [1.82, 2.24) is 0 Å². The molecule has 0 aliphatic heterocycles. The number of halogens is 2. The summed E-state index contributed by atoms with van der Waals surface area (Å²) in [5.41, 5.74) is 1.53. The molecule has 1 N–H and O–H groups in total. The van der Waals surface area contributed by atoms with Gasteiger partial charge in [0.15, 0.2) is 0 Å². The standard InChI is InChI=1S/C11H10Cl2O2/c12-5-1-2-8-6-10(13)4-3-9(8)7-11(14)15/h1-4,6H,5,7H2,(H,14,15). The first-order valence-electron chi connectivity index (χ1n) is 4.36. The molecule has 15 heavy (non-hydrogen) atoms. The van der Waals surface area contributed by atoms with E-state index < -0.39 is 5.97 Å². The summed E-state index contributed by atoms with van der Waals surface area (Å²) in [7, 11) is 0. The molecule has 0 aliphatic carbocycles. The molecule has 0 fully saturated rings. The molecule has 4 heteroatoms. The van der Waals surface area contributed by atoms with Gasteiger partial charge < -0.3 is 5.11 Å². The molecular weight excluding hydrogens is 235 g/mol. The van der Waals surface area contributed by atoms with E-state index in [0.29, 0.717) is 10.9 Å². The van der Waals surface area contributed by atoms with Crippen LogP contribution in [0.2, 0.25) is 5.02 Å². The van der Waals surface area contributed by atoms with Crippen LogP contribution < -0.4 is 0 Å². The Morgan fingerprint density at radius 3 is 2.80 bits per heavy atom. The Morgan fingerprint density at radius 2 is 2.20 bits per heavy atom. The summed E-state index contributed by atoms with van der Waals surface area (Å²) < 4.78 is 0. The van der Waals surface area contributed by atoms with Gasteiger partial charge in [-0.3, -0.25) is 4.79 Å². The fraction of sp³-hybridized carbons (Fsp3) is 0.182. The maximum Gasteiger partial charge on any atom is 0.307 e. The smallest absolute Gasteiger partial charge is 0.307 e. The molecule has 1 rings (SSSR count). The second-order valence-electron chi connectivity index (χ2n) is 2.97. The van der Waals surface area contributed by atoms with Crippen LogP contribution in [0.5, 0.6) is 0 Å². The van der Waals surface area contributed by atoms with Crippen molar-refractivity contribution in [3.05, 3.63) is 40.4 Å². The average molecular weight is 245 g/mol. The number of alkyl halides is 1. The number of carboxylic acids is 1. The van der Waals surface area contributed by atoms with Gasteiger partial charge in [0.05, 0.1) is 6.42 Å². The van der Waals surface area contributed by atoms with Gasteiger partial charge >= 0.3 is 5.97 Å². The van der Waals surface area contributed by atoms with Gasteiger partial charge in [0.2, 0.25) is 0 Å². The van der Waals surface area contributed by atoms with Crippen LogP contribution >= 0.6 is 23.2 Å². The average Bonchev–Trinajstić information content (AvgIpc) is 2.18. The van der Waals surface area contributed by atoms with Crippen LogP contribution in [-0.2, 0) is 11.2 Å². The maximum absolute atomic E-state index is 10.6. The quantitative estimate of drug-likeness (QED) is 0.827. The number of hydrogen-bond acceptors (Lipinski definition) is 1. The third-order valence-corrected chi connectivity index (χ3v) is 2.25. The number of aliphatic carboxylic acids is 1. The summed E-state index contributed by atoms with van der Waals surface area (Å²) in [6.07, 6.45) is 3.51. The number of carbonyl (C=O) groups is 1. The Hall–Kier alpha value is -0.990. The van der Waals surface area contributed by atoms with E-state index in [2.05, 4.69) is 0 Å². The van der Waals surface area contributed by atoms with Gasteiger partial charge in [0, 0.05) is 10.9 Å². The maximum atomic E-state index is 10.6. The van der Waals surface area contributed by atoms with Crippen LogP contribution in [0.15, 0.2) is 24.3 Å². The molecule has 0 heterocycles. The topological polar surface area (TPSA) is 37.3 Å². The van der Waals surface area contributed by atoms with E-state index in [1.54, 1.807) is 30.4 Å². The predicted octanol–water partition coefficient (Wildman–Crippen LogP) is 3.22. The Labute approximate surface area is 98.1 Å². The van der Waals surface area contributed by atoms with Crippen LogP contribution in [0.4, 0.5) is 0 Å². The van der Waals surface area contributed by atoms with Crippen molar-refractivity contribution in [2.45, 2.75) is 6.42 Å². The van der Waals surface area contributed by atoms with Crippen molar-refractivity contribution in [3.8, 4) is 0 Å². The summed E-state index contributed by atoms with van der Waals surface area (Å²) in [5.74, 6) is -0.475. The molecule has 1 aromatic rings. The fourth-order valence-corrected chi connectivity index (χ4v) is 1.49. The summed E-state index contributed by atoms with van der Waals surface area (Å²) in [4.78, 5) is 10.6. The molecule has 0 aliphatic rings. The zero-order valence-electron chi connectivity index (χ0n) is 7.91. The van der Waals surface area contributed by atoms with Gasteiger partial charge in [-0.2, -0.15) is 0 Å². The first-order chi connectivity index (χ1) is 7.13. The van der Waals surface area contributed by atoms with Crippen LogP contribution in [0, 0.1) is 0 Å². The number of hydrogen-bond donors (Lipinski definition) is 1. The molecule has 0 saturated heterocycles. The Morgan fingerprint density at radius 1 is 1.47 bits per heavy atom. The van der Waals surface area contributed by atoms with Gasteiger partial charge in [-0.25, -0.2) is 0 Å². The lowest BCUT2D eigenvalue weighted by Crippen LogP contribution is -2.01. The number of rotatable bonds is 4. The van der Waals surface area contributed by atoms with E-state index in [1.165, 1.54) is 0 Å². The summed E-state index contributed by atoms with van der Waals surface area (Å²) in [5, 5.41) is 9.28. The summed E-state index contributed by atoms with van der Waals surface area (Å²) in [6.45, 7) is 0. The zero-order chi connectivity index (χ0) is 11.3. The molecule has 0 unspecified atom stereocenters. The lowest BCUT2D eigenvalue weighted by Gasteiger charge is -2.03. The number of carboxylic acid groups (broad SMARTS) is 1. The molecule has 0 amide bonds. The zero-order valence-corrected chi connectivity index (χ0v) is 9.42. The molecule has 1 aromatic carbocycles. The lowest BCUT2D eigenvalue weighted by molar-refractivity contribution is -0.136. The lowest BCUT2D eigenvalue weighted by atomic mass is 10.0. The molecule has 0 aromatic heterocycles. The molecule has 0 radical (unpaired) electrons. The molecule has 80 valence electrons. The highest BCUT2D eigenvalue weighted by molar-refractivity contribution is 6.30. The van der Waals surface area contributed by atoms with Crippen molar-refractivity contribution < 1.29 is 9.90 Å². The monoisotopic (exact) mass is 244 g/mol. The minimum atomic E-state index is -0.863. The van der Waals surface area contributed by atoms with Gasteiger partial charge in [0.25, 0.3) is 0 Å². The van der Waals surface area contributed by atoms with E-state index in [0.717, 1.165) is 11.1 Å². The third kappa shape index (κ3) is 3.94. The summed E-state index contributed by atoms with van der Waals surface area (Å²) in [6, 6.07) is 5.12. The second kappa shape index (κ2) is 5.79. The van der Waals surface area contributed by atoms with Crippen molar-refractivity contribution in [3.63, 3.8) is 0 Å². The SMILES string of the molecule is O=C(O)Cc1ccc(Cl)cc1C=CCCl. The largest absolute Gasteiger partial charge is 0.481 e. The highest BCUT2D eigenvalue weighted by atomic mass is 35.5. The molecule has 0 spiro atoms. The third-order valence-electron chi connectivity index (χ3n) is 1.84. The first-order valence-corrected chi connectivity index (χ1v) is 5.27. The first kappa shape index (κ1) is 12.1. The minimum Gasteiger partial charge on any atom is -0.481 e. The fourth-order valence-electron chi connectivity index (χ4n) is 1.22. The van der Waals surface area contributed by atoms with E-state index in [9.17, 15) is 4.79 Å². The van der Waals surface area contributed by atoms with Gasteiger partial charge in [-0.05, 0) is 23.3 Å². The Bertz CT molecular complexity index is 386. The van der Waals surface area contributed by atoms with E-state index in [1.807, 2.05) is 0 Å².